The van der Waals surface area contributed by atoms with Crippen LogP contribution in [0.2, 0.25) is 0 Å². The van der Waals surface area contributed by atoms with Crippen molar-refractivity contribution in [3.63, 3.8) is 0 Å². The molecule has 0 saturated heterocycles. The molecular weight excluding hydrogens is 304 g/mol. The monoisotopic (exact) mass is 320 g/mol. The van der Waals surface area contributed by atoms with Crippen LogP contribution in [0.3, 0.4) is 0 Å². The van der Waals surface area contributed by atoms with Crippen LogP contribution in [0.25, 0.3) is 11.0 Å². The number of fused-ring (bicyclic) bond motifs is 1. The number of nitrogens with zero attached hydrogens (tertiary/aromatic N) is 1. The van der Waals surface area contributed by atoms with Gasteiger partial charge in [0.25, 0.3) is 11.5 Å². The van der Waals surface area contributed by atoms with E-state index in [9.17, 15) is 19.2 Å². The van der Waals surface area contributed by atoms with Crippen molar-refractivity contribution in [2.75, 3.05) is 0 Å². The van der Waals surface area contributed by atoms with Gasteiger partial charge in [-0.15, -0.1) is 0 Å². The molecule has 0 aliphatic carbocycles. The van der Waals surface area contributed by atoms with E-state index in [0.29, 0.717) is 12.8 Å². The summed E-state index contributed by atoms with van der Waals surface area (Å²) in [6, 6.07) is 0.248. The topological polar surface area (TPSA) is 145 Å². The smallest absolute Gasteiger partial charge is 0.327 e. The number of aliphatic carboxylic acids is 1. The summed E-state index contributed by atoms with van der Waals surface area (Å²) in [6.07, 6.45) is 2.95. The van der Waals surface area contributed by atoms with Crippen LogP contribution < -0.4 is 16.6 Å². The maximum atomic E-state index is 12.1. The fourth-order valence-electron chi connectivity index (χ4n) is 2.08. The lowest BCUT2D eigenvalue weighted by Crippen LogP contribution is -2.40. The number of aromatic nitrogens is 3. The quantitative estimate of drug-likeness (QED) is 0.589. The number of aromatic amines is 2. The highest BCUT2D eigenvalue weighted by Crippen LogP contribution is 2.07. The summed E-state index contributed by atoms with van der Waals surface area (Å²) < 4.78 is 0. The summed E-state index contributed by atoms with van der Waals surface area (Å²) in [5.41, 5.74) is -1.28. The predicted octanol–water partition coefficient (Wildman–Crippen LogP) is -0.0154. The number of hydrogen-bond acceptors (Lipinski definition) is 5. The third-order valence-corrected chi connectivity index (χ3v) is 3.30. The van der Waals surface area contributed by atoms with Crippen molar-refractivity contribution in [3.05, 3.63) is 38.7 Å². The molecule has 1 amide bonds. The maximum Gasteiger partial charge on any atom is 0.327 e. The zero-order valence-electron chi connectivity index (χ0n) is 12.4. The first-order valence-corrected chi connectivity index (χ1v) is 7.08. The molecule has 2 aromatic heterocycles. The zero-order chi connectivity index (χ0) is 17.0. The van der Waals surface area contributed by atoms with Crippen molar-refractivity contribution in [2.45, 2.75) is 32.2 Å². The molecule has 2 rings (SSSR count). The van der Waals surface area contributed by atoms with Crippen LogP contribution in [0.4, 0.5) is 0 Å². The Balaban J connectivity index is 2.28. The molecule has 0 unspecified atom stereocenters. The molecule has 0 aliphatic rings. The summed E-state index contributed by atoms with van der Waals surface area (Å²) in [7, 11) is 0. The molecule has 0 spiro atoms. The second-order valence-corrected chi connectivity index (χ2v) is 5.03. The SMILES string of the molecule is CCCC[C@H](NC(=O)c1cnc2[nH]c(=O)[nH]c(=O)c2c1)C(=O)O. The van der Waals surface area contributed by atoms with Crippen molar-refractivity contribution in [3.8, 4) is 0 Å². The number of carboxylic acids is 1. The molecule has 9 nitrogen and oxygen atoms in total. The minimum absolute atomic E-state index is 0.0395. The maximum absolute atomic E-state index is 12.1. The first-order valence-electron chi connectivity index (χ1n) is 7.08. The minimum Gasteiger partial charge on any atom is -0.480 e. The molecular formula is C14H16N4O5. The lowest BCUT2D eigenvalue weighted by atomic mass is 10.1. The molecule has 0 bridgehead atoms. The highest BCUT2D eigenvalue weighted by atomic mass is 16.4. The van der Waals surface area contributed by atoms with E-state index in [1.807, 2.05) is 11.9 Å². The molecule has 0 saturated carbocycles. The molecule has 2 aromatic rings. The Morgan fingerprint density at radius 1 is 1.35 bits per heavy atom. The molecule has 0 fully saturated rings. The van der Waals surface area contributed by atoms with Crippen LogP contribution in [0, 0.1) is 0 Å². The van der Waals surface area contributed by atoms with Gasteiger partial charge in [0.1, 0.15) is 11.7 Å². The zero-order valence-corrected chi connectivity index (χ0v) is 12.4. The average molecular weight is 320 g/mol. The van der Waals surface area contributed by atoms with Gasteiger partial charge in [0.05, 0.1) is 10.9 Å². The van der Waals surface area contributed by atoms with Gasteiger partial charge in [0.2, 0.25) is 0 Å². The fourth-order valence-corrected chi connectivity index (χ4v) is 2.08. The second-order valence-electron chi connectivity index (χ2n) is 5.03. The number of carbonyl (C=O) groups is 2. The van der Waals surface area contributed by atoms with Gasteiger partial charge in [-0.3, -0.25) is 19.6 Å². The van der Waals surface area contributed by atoms with Gasteiger partial charge >= 0.3 is 11.7 Å². The number of unbranched alkanes of at least 4 members (excludes halogenated alkanes) is 1. The van der Waals surface area contributed by atoms with E-state index in [0.717, 1.165) is 6.42 Å². The summed E-state index contributed by atoms with van der Waals surface area (Å²) in [4.78, 5) is 54.4. The molecule has 0 radical (unpaired) electrons. The van der Waals surface area contributed by atoms with Gasteiger partial charge in [-0.2, -0.15) is 0 Å². The minimum atomic E-state index is -1.12. The second kappa shape index (κ2) is 6.86. The predicted molar refractivity (Wildman–Crippen MR) is 81.4 cm³/mol. The van der Waals surface area contributed by atoms with E-state index in [-0.39, 0.29) is 16.6 Å². The standard InChI is InChI=1S/C14H16N4O5/c1-2-3-4-9(13(21)22)16-11(19)7-5-8-10(15-6-7)17-14(23)18-12(8)20/h5-6,9H,2-4H2,1H3,(H,16,19)(H,21,22)(H2,15,17,18,20,23)/t9-/m0/s1. The Labute approximate surface area is 129 Å². The van der Waals surface area contributed by atoms with E-state index in [1.54, 1.807) is 0 Å². The van der Waals surface area contributed by atoms with Gasteiger partial charge in [0.15, 0.2) is 0 Å². The van der Waals surface area contributed by atoms with Crippen LogP contribution >= 0.6 is 0 Å². The van der Waals surface area contributed by atoms with Crippen LogP contribution in [0.15, 0.2) is 21.9 Å². The molecule has 23 heavy (non-hydrogen) atoms. The number of hydrogen-bond donors (Lipinski definition) is 4. The molecule has 2 heterocycles. The summed E-state index contributed by atoms with van der Waals surface area (Å²) in [5, 5.41) is 11.6. The van der Waals surface area contributed by atoms with E-state index < -0.39 is 29.2 Å². The lowest BCUT2D eigenvalue weighted by molar-refractivity contribution is -0.139. The van der Waals surface area contributed by atoms with Crippen molar-refractivity contribution in [1.82, 2.24) is 20.3 Å². The molecule has 4 N–H and O–H groups in total. The number of carbonyl (C=O) groups excluding carboxylic acids is 1. The average Bonchev–Trinajstić information content (AvgIpc) is 2.50. The summed E-state index contributed by atoms with van der Waals surface area (Å²) in [6.45, 7) is 1.92. The van der Waals surface area contributed by atoms with E-state index >= 15 is 0 Å². The third-order valence-electron chi connectivity index (χ3n) is 3.30. The van der Waals surface area contributed by atoms with Gasteiger partial charge < -0.3 is 10.4 Å². The Morgan fingerprint density at radius 2 is 2.09 bits per heavy atom. The van der Waals surface area contributed by atoms with Crippen molar-refractivity contribution in [1.29, 1.82) is 0 Å². The van der Waals surface area contributed by atoms with Crippen LogP contribution in [-0.2, 0) is 4.79 Å². The van der Waals surface area contributed by atoms with Gasteiger partial charge in [-0.05, 0) is 12.5 Å². The summed E-state index contributed by atoms with van der Waals surface area (Å²) >= 11 is 0. The van der Waals surface area contributed by atoms with E-state index in [1.165, 1.54) is 12.3 Å². The molecule has 0 aliphatic heterocycles. The highest BCUT2D eigenvalue weighted by molar-refractivity contribution is 5.98. The number of pyridine rings is 1. The number of nitrogens with one attached hydrogen (secondary N) is 3. The van der Waals surface area contributed by atoms with E-state index in [4.69, 9.17) is 5.11 Å². The van der Waals surface area contributed by atoms with E-state index in [2.05, 4.69) is 15.3 Å². The van der Waals surface area contributed by atoms with Gasteiger partial charge in [-0.25, -0.2) is 14.6 Å². The number of H-pyrrole nitrogens is 2. The van der Waals surface area contributed by atoms with Gasteiger partial charge in [-0.1, -0.05) is 19.8 Å². The molecule has 9 heteroatoms. The number of amides is 1. The molecule has 0 aromatic carbocycles. The number of rotatable bonds is 6. The lowest BCUT2D eigenvalue weighted by Gasteiger charge is -2.14. The van der Waals surface area contributed by atoms with Gasteiger partial charge in [0, 0.05) is 6.20 Å². The first kappa shape index (κ1) is 16.4. The third kappa shape index (κ3) is 3.82. The van der Waals surface area contributed by atoms with Crippen LogP contribution in [0.1, 0.15) is 36.5 Å². The fraction of sp³-hybridized carbons (Fsp3) is 0.357. The van der Waals surface area contributed by atoms with Crippen molar-refractivity contribution >= 4 is 22.9 Å². The first-order chi connectivity index (χ1) is 10.9. The highest BCUT2D eigenvalue weighted by Gasteiger charge is 2.20. The van der Waals surface area contributed by atoms with Crippen LogP contribution in [-0.4, -0.2) is 38.0 Å². The van der Waals surface area contributed by atoms with Crippen LogP contribution in [0.5, 0.6) is 0 Å². The van der Waals surface area contributed by atoms with Crippen molar-refractivity contribution < 1.29 is 14.7 Å². The Kier molecular flexibility index (Phi) is 4.89. The largest absolute Gasteiger partial charge is 0.480 e. The number of carboxylic acid groups (broad SMARTS) is 1. The van der Waals surface area contributed by atoms with Crippen molar-refractivity contribution in [2.24, 2.45) is 0 Å². The Morgan fingerprint density at radius 3 is 2.74 bits per heavy atom. The summed E-state index contributed by atoms with van der Waals surface area (Å²) in [5.74, 6) is -1.77. The Bertz CT molecular complexity index is 854. The normalized spacial score (nSPS) is 12.0. The molecule has 1 atom stereocenters. The Hall–Kier alpha value is -2.97. The molecule has 122 valence electrons.